The summed E-state index contributed by atoms with van der Waals surface area (Å²) in [5.74, 6) is 1.54. The number of fused-ring (bicyclic) bond motifs is 1. The Morgan fingerprint density at radius 2 is 2.22 bits per heavy atom. The number of carbonyl (C=O) groups is 1. The monoisotopic (exact) mass is 318 g/mol. The van der Waals surface area contributed by atoms with Crippen molar-refractivity contribution in [3.8, 4) is 0 Å². The van der Waals surface area contributed by atoms with Gasteiger partial charge in [0.15, 0.2) is 5.69 Å². The molecule has 8 heteroatoms. The minimum Gasteiger partial charge on any atom is -0.369 e. The lowest BCUT2D eigenvalue weighted by Gasteiger charge is -2.25. The van der Waals surface area contributed by atoms with Crippen molar-refractivity contribution < 1.29 is 9.53 Å². The predicted octanol–water partition coefficient (Wildman–Crippen LogP) is 0.841. The normalized spacial score (nSPS) is 20.3. The number of hydrogen-bond acceptors (Lipinski definition) is 5. The van der Waals surface area contributed by atoms with Gasteiger partial charge in [-0.1, -0.05) is 0 Å². The maximum atomic E-state index is 12.4. The molecule has 0 saturated heterocycles. The minimum atomic E-state index is -0.164. The molecule has 1 aliphatic heterocycles. The molecule has 0 aromatic carbocycles. The summed E-state index contributed by atoms with van der Waals surface area (Å²) in [6.07, 6.45) is 1.35. The van der Waals surface area contributed by atoms with Gasteiger partial charge < -0.3 is 14.6 Å². The molecule has 0 saturated carbocycles. The summed E-state index contributed by atoms with van der Waals surface area (Å²) in [6, 6.07) is 0. The van der Waals surface area contributed by atoms with Crippen LogP contribution in [0.3, 0.4) is 0 Å². The average Bonchev–Trinajstić information content (AvgIpc) is 3.05. The summed E-state index contributed by atoms with van der Waals surface area (Å²) in [6.45, 7) is 6.36. The lowest BCUT2D eigenvalue weighted by molar-refractivity contribution is -0.00697. The molecule has 3 rings (SSSR count). The number of aromatic nitrogens is 5. The van der Waals surface area contributed by atoms with Crippen molar-refractivity contribution in [1.82, 2.24) is 30.3 Å². The quantitative estimate of drug-likeness (QED) is 0.870. The maximum absolute atomic E-state index is 12.4. The van der Waals surface area contributed by atoms with Crippen LogP contribution in [0.2, 0.25) is 0 Å². The summed E-state index contributed by atoms with van der Waals surface area (Å²) in [5, 5.41) is 18.1. The van der Waals surface area contributed by atoms with Crippen molar-refractivity contribution in [3.05, 3.63) is 28.6 Å². The molecule has 8 nitrogen and oxygen atoms in total. The number of H-pyrrole nitrogens is 1. The Kier molecular flexibility index (Phi) is 4.16. The van der Waals surface area contributed by atoms with E-state index in [-0.39, 0.29) is 18.1 Å². The molecule has 2 atom stereocenters. The standard InChI is InChI=1S/C15H22N6O2/c1-8-7-11-13(9(2)23-8)19-20-14(11)15(22)16-6-5-12-18-17-10(3)21(12)4/h8-9H,5-7H2,1-4H3,(H,16,22)(H,19,20)/t8-,9+/m1/s1. The fourth-order valence-electron chi connectivity index (χ4n) is 2.90. The molecule has 0 bridgehead atoms. The van der Waals surface area contributed by atoms with Gasteiger partial charge in [0.05, 0.1) is 17.9 Å². The second-order valence-electron chi connectivity index (χ2n) is 5.99. The zero-order chi connectivity index (χ0) is 16.6. The molecule has 0 radical (unpaired) electrons. The van der Waals surface area contributed by atoms with Gasteiger partial charge in [-0.3, -0.25) is 9.89 Å². The van der Waals surface area contributed by atoms with Crippen molar-refractivity contribution in [2.45, 2.75) is 45.8 Å². The molecular formula is C15H22N6O2. The highest BCUT2D eigenvalue weighted by atomic mass is 16.5. The molecule has 0 unspecified atom stereocenters. The van der Waals surface area contributed by atoms with Gasteiger partial charge >= 0.3 is 0 Å². The topological polar surface area (TPSA) is 97.7 Å². The third-order valence-corrected chi connectivity index (χ3v) is 4.27. The molecule has 2 N–H and O–H groups in total. The molecule has 0 fully saturated rings. The van der Waals surface area contributed by atoms with E-state index in [9.17, 15) is 4.79 Å². The number of hydrogen-bond donors (Lipinski definition) is 2. The fourth-order valence-corrected chi connectivity index (χ4v) is 2.90. The molecule has 3 heterocycles. The third-order valence-electron chi connectivity index (χ3n) is 4.27. The van der Waals surface area contributed by atoms with Crippen LogP contribution in [0.4, 0.5) is 0 Å². The number of aromatic amines is 1. The first-order chi connectivity index (χ1) is 11.0. The Morgan fingerprint density at radius 3 is 2.91 bits per heavy atom. The zero-order valence-electron chi connectivity index (χ0n) is 13.9. The van der Waals surface area contributed by atoms with Gasteiger partial charge in [0.1, 0.15) is 11.6 Å². The molecular weight excluding hydrogens is 296 g/mol. The number of nitrogens with zero attached hydrogens (tertiary/aromatic N) is 4. The largest absolute Gasteiger partial charge is 0.369 e. The molecule has 2 aromatic heterocycles. The van der Waals surface area contributed by atoms with E-state index in [0.29, 0.717) is 25.1 Å². The van der Waals surface area contributed by atoms with Gasteiger partial charge in [0, 0.05) is 32.0 Å². The van der Waals surface area contributed by atoms with Crippen LogP contribution in [-0.2, 0) is 24.6 Å². The van der Waals surface area contributed by atoms with Crippen molar-refractivity contribution in [3.63, 3.8) is 0 Å². The zero-order valence-corrected chi connectivity index (χ0v) is 13.9. The van der Waals surface area contributed by atoms with E-state index >= 15 is 0 Å². The SMILES string of the molecule is Cc1nnc(CCNC(=O)c2n[nH]c3c2C[C@@H](C)O[C@H]3C)n1C. The molecule has 23 heavy (non-hydrogen) atoms. The number of aryl methyl sites for hydroxylation is 1. The molecule has 1 amide bonds. The van der Waals surface area contributed by atoms with Gasteiger partial charge in [-0.2, -0.15) is 5.10 Å². The molecule has 2 aromatic rings. The van der Waals surface area contributed by atoms with Crippen LogP contribution in [0.25, 0.3) is 0 Å². The smallest absolute Gasteiger partial charge is 0.272 e. The number of ether oxygens (including phenoxy) is 1. The van der Waals surface area contributed by atoms with Crippen LogP contribution in [0.15, 0.2) is 0 Å². The first-order valence-corrected chi connectivity index (χ1v) is 7.83. The molecule has 124 valence electrons. The lowest BCUT2D eigenvalue weighted by Crippen LogP contribution is -2.29. The summed E-state index contributed by atoms with van der Waals surface area (Å²) in [4.78, 5) is 12.4. The Balaban J connectivity index is 1.64. The Bertz CT molecular complexity index is 720. The van der Waals surface area contributed by atoms with Crippen LogP contribution >= 0.6 is 0 Å². The minimum absolute atomic E-state index is 0.0654. The Labute approximate surface area is 134 Å². The Morgan fingerprint density at radius 1 is 1.43 bits per heavy atom. The van der Waals surface area contributed by atoms with Gasteiger partial charge in [0.2, 0.25) is 0 Å². The van der Waals surface area contributed by atoms with Gasteiger partial charge in [-0.15, -0.1) is 10.2 Å². The molecule has 0 aliphatic carbocycles. The summed E-state index contributed by atoms with van der Waals surface area (Å²) in [5.41, 5.74) is 2.33. The van der Waals surface area contributed by atoms with Gasteiger partial charge in [0.25, 0.3) is 5.91 Å². The molecule has 0 spiro atoms. The van der Waals surface area contributed by atoms with E-state index in [4.69, 9.17) is 4.74 Å². The first-order valence-electron chi connectivity index (χ1n) is 7.83. The van der Waals surface area contributed by atoms with Crippen molar-refractivity contribution in [2.75, 3.05) is 6.54 Å². The summed E-state index contributed by atoms with van der Waals surface area (Å²) < 4.78 is 7.66. The van der Waals surface area contributed by atoms with Crippen LogP contribution in [0, 0.1) is 6.92 Å². The van der Waals surface area contributed by atoms with Crippen molar-refractivity contribution in [1.29, 1.82) is 0 Å². The van der Waals surface area contributed by atoms with E-state index in [0.717, 1.165) is 22.9 Å². The van der Waals surface area contributed by atoms with E-state index < -0.39 is 0 Å². The summed E-state index contributed by atoms with van der Waals surface area (Å²) >= 11 is 0. The highest BCUT2D eigenvalue weighted by Crippen LogP contribution is 2.29. The van der Waals surface area contributed by atoms with Crippen LogP contribution in [-0.4, -0.2) is 43.5 Å². The van der Waals surface area contributed by atoms with Crippen molar-refractivity contribution in [2.24, 2.45) is 7.05 Å². The van der Waals surface area contributed by atoms with Crippen LogP contribution in [0.5, 0.6) is 0 Å². The van der Waals surface area contributed by atoms with Crippen molar-refractivity contribution >= 4 is 5.91 Å². The number of rotatable bonds is 4. The van der Waals surface area contributed by atoms with Gasteiger partial charge in [-0.05, 0) is 20.8 Å². The number of carbonyl (C=O) groups excluding carboxylic acids is 1. The van der Waals surface area contributed by atoms with Crippen LogP contribution < -0.4 is 5.32 Å². The number of amides is 1. The maximum Gasteiger partial charge on any atom is 0.272 e. The average molecular weight is 318 g/mol. The van der Waals surface area contributed by atoms with E-state index in [1.807, 2.05) is 32.4 Å². The van der Waals surface area contributed by atoms with Crippen LogP contribution in [0.1, 0.15) is 53.3 Å². The third kappa shape index (κ3) is 2.98. The second kappa shape index (κ2) is 6.11. The predicted molar refractivity (Wildman–Crippen MR) is 83.0 cm³/mol. The first kappa shape index (κ1) is 15.7. The highest BCUT2D eigenvalue weighted by molar-refractivity contribution is 5.94. The fraction of sp³-hybridized carbons (Fsp3) is 0.600. The lowest BCUT2D eigenvalue weighted by atomic mass is 9.99. The highest BCUT2D eigenvalue weighted by Gasteiger charge is 2.29. The Hall–Kier alpha value is -2.22. The second-order valence-corrected chi connectivity index (χ2v) is 5.99. The molecule has 1 aliphatic rings. The summed E-state index contributed by atoms with van der Waals surface area (Å²) in [7, 11) is 1.92. The van der Waals surface area contributed by atoms with E-state index in [1.54, 1.807) is 0 Å². The van der Waals surface area contributed by atoms with E-state index in [1.165, 1.54) is 0 Å². The van der Waals surface area contributed by atoms with Gasteiger partial charge in [-0.25, -0.2) is 0 Å². The van der Waals surface area contributed by atoms with E-state index in [2.05, 4.69) is 25.7 Å². The number of nitrogens with one attached hydrogen (secondary N) is 2.